The third-order valence-corrected chi connectivity index (χ3v) is 5.72. The van der Waals surface area contributed by atoms with Crippen LogP contribution in [-0.2, 0) is 16.0 Å². The fourth-order valence-corrected chi connectivity index (χ4v) is 4.04. The van der Waals surface area contributed by atoms with Crippen molar-refractivity contribution in [3.8, 4) is 11.1 Å². The maximum absolute atomic E-state index is 12.6. The van der Waals surface area contributed by atoms with Gasteiger partial charge in [0.25, 0.3) is 5.91 Å². The molecule has 0 radical (unpaired) electrons. The van der Waals surface area contributed by atoms with Gasteiger partial charge < -0.3 is 25.4 Å². The topological polar surface area (TPSA) is 106 Å². The number of carbonyl (C=O) groups is 3. The Morgan fingerprint density at radius 2 is 1.43 bits per heavy atom. The molecule has 3 aromatic rings. The van der Waals surface area contributed by atoms with Gasteiger partial charge in [-0.05, 0) is 35.2 Å². The van der Waals surface area contributed by atoms with Crippen molar-refractivity contribution >= 4 is 18.1 Å². The van der Waals surface area contributed by atoms with Crippen LogP contribution in [-0.4, -0.2) is 38.3 Å². The molecule has 3 amide bonds. The largest absolute Gasteiger partial charge is 0.453 e. The van der Waals surface area contributed by atoms with Crippen LogP contribution in [0.2, 0.25) is 0 Å². The SMILES string of the molecule is COC(=O)NCCCNC(=O)c1cccc(CNC(=O)OC2c3ccccc3-c3ccccc32)c1. The zero-order valence-corrected chi connectivity index (χ0v) is 19.4. The highest BCUT2D eigenvalue weighted by atomic mass is 16.6. The molecule has 0 heterocycles. The second-order valence-electron chi connectivity index (χ2n) is 8.04. The number of alkyl carbamates (subject to hydrolysis) is 2. The molecular formula is C27H27N3O5. The van der Waals surface area contributed by atoms with Crippen molar-refractivity contribution in [2.24, 2.45) is 0 Å². The van der Waals surface area contributed by atoms with E-state index in [1.54, 1.807) is 18.2 Å². The number of carbonyl (C=O) groups excluding carboxylic acids is 3. The van der Waals surface area contributed by atoms with E-state index in [2.05, 4.69) is 20.7 Å². The molecule has 0 unspecified atom stereocenters. The summed E-state index contributed by atoms with van der Waals surface area (Å²) in [4.78, 5) is 36.1. The average Bonchev–Trinajstić information content (AvgIpc) is 3.20. The number of methoxy groups -OCH3 is 1. The Morgan fingerprint density at radius 3 is 2.11 bits per heavy atom. The Bertz CT molecular complexity index is 1180. The molecular weight excluding hydrogens is 446 g/mol. The van der Waals surface area contributed by atoms with Crippen LogP contribution in [0.4, 0.5) is 9.59 Å². The second kappa shape index (κ2) is 11.2. The minimum Gasteiger partial charge on any atom is -0.453 e. The lowest BCUT2D eigenvalue weighted by Crippen LogP contribution is -2.30. The van der Waals surface area contributed by atoms with E-state index in [4.69, 9.17) is 4.74 Å². The summed E-state index contributed by atoms with van der Waals surface area (Å²) in [6.07, 6.45) is -0.930. The molecule has 1 aliphatic carbocycles. The summed E-state index contributed by atoms with van der Waals surface area (Å²) in [5.74, 6) is -0.230. The number of nitrogens with one attached hydrogen (secondary N) is 3. The highest BCUT2D eigenvalue weighted by Crippen LogP contribution is 2.44. The molecule has 0 bridgehead atoms. The lowest BCUT2D eigenvalue weighted by molar-refractivity contribution is 0.0953. The Hall–Kier alpha value is -4.33. The summed E-state index contributed by atoms with van der Waals surface area (Å²) in [6, 6.07) is 22.8. The number of amides is 3. The predicted molar refractivity (Wildman–Crippen MR) is 131 cm³/mol. The van der Waals surface area contributed by atoms with Crippen molar-refractivity contribution in [2.75, 3.05) is 20.2 Å². The third-order valence-electron chi connectivity index (χ3n) is 5.72. The van der Waals surface area contributed by atoms with Crippen LogP contribution < -0.4 is 16.0 Å². The predicted octanol–water partition coefficient (Wildman–Crippen LogP) is 4.16. The first kappa shape index (κ1) is 23.8. The Labute approximate surface area is 203 Å². The summed E-state index contributed by atoms with van der Waals surface area (Å²) in [7, 11) is 1.30. The van der Waals surface area contributed by atoms with Crippen LogP contribution in [0, 0.1) is 0 Å². The zero-order valence-electron chi connectivity index (χ0n) is 19.4. The van der Waals surface area contributed by atoms with Gasteiger partial charge in [-0.25, -0.2) is 9.59 Å². The van der Waals surface area contributed by atoms with Gasteiger partial charge in [-0.2, -0.15) is 0 Å². The quantitative estimate of drug-likeness (QED) is 0.426. The molecule has 180 valence electrons. The van der Waals surface area contributed by atoms with E-state index < -0.39 is 18.3 Å². The third kappa shape index (κ3) is 5.78. The van der Waals surface area contributed by atoms with Gasteiger partial charge >= 0.3 is 12.2 Å². The average molecular weight is 474 g/mol. The molecule has 0 aromatic heterocycles. The number of hydrogen-bond acceptors (Lipinski definition) is 5. The van der Waals surface area contributed by atoms with E-state index in [1.807, 2.05) is 54.6 Å². The zero-order chi connectivity index (χ0) is 24.6. The molecule has 0 atom stereocenters. The lowest BCUT2D eigenvalue weighted by atomic mass is 10.1. The molecule has 3 N–H and O–H groups in total. The van der Waals surface area contributed by atoms with Crippen LogP contribution in [0.15, 0.2) is 72.8 Å². The highest BCUT2D eigenvalue weighted by Gasteiger charge is 2.30. The molecule has 0 saturated carbocycles. The van der Waals surface area contributed by atoms with Crippen molar-refractivity contribution in [3.05, 3.63) is 95.1 Å². The number of rotatable bonds is 8. The standard InChI is InChI=1S/C27H27N3O5/c1-34-26(32)29-15-7-14-28-25(31)19-9-6-8-18(16-19)17-30-27(33)35-24-22-12-4-2-10-20(22)21-11-3-5-13-23(21)24/h2-6,8-13,16,24H,7,14-15,17H2,1H3,(H,28,31)(H,29,32)(H,30,33). The van der Waals surface area contributed by atoms with Gasteiger partial charge in [0, 0.05) is 36.3 Å². The first-order valence-corrected chi connectivity index (χ1v) is 11.4. The van der Waals surface area contributed by atoms with Gasteiger partial charge in [0.05, 0.1) is 7.11 Å². The van der Waals surface area contributed by atoms with Crippen LogP contribution in [0.5, 0.6) is 0 Å². The molecule has 35 heavy (non-hydrogen) atoms. The number of fused-ring (bicyclic) bond motifs is 3. The van der Waals surface area contributed by atoms with E-state index in [9.17, 15) is 14.4 Å². The Kier molecular flexibility index (Phi) is 7.62. The van der Waals surface area contributed by atoms with Gasteiger partial charge in [0.2, 0.25) is 0 Å². The minimum absolute atomic E-state index is 0.221. The summed E-state index contributed by atoms with van der Waals surface area (Å²) in [6.45, 7) is 1.02. The Balaban J connectivity index is 1.29. The summed E-state index contributed by atoms with van der Waals surface area (Å²) >= 11 is 0. The van der Waals surface area contributed by atoms with Gasteiger partial charge in [-0.3, -0.25) is 4.79 Å². The van der Waals surface area contributed by atoms with Gasteiger partial charge in [-0.15, -0.1) is 0 Å². The normalized spacial score (nSPS) is 11.7. The number of ether oxygens (including phenoxy) is 2. The molecule has 0 saturated heterocycles. The van der Waals surface area contributed by atoms with Crippen molar-refractivity contribution in [1.82, 2.24) is 16.0 Å². The van der Waals surface area contributed by atoms with Gasteiger partial charge in [0.15, 0.2) is 6.10 Å². The van der Waals surface area contributed by atoms with Crippen molar-refractivity contribution in [3.63, 3.8) is 0 Å². The van der Waals surface area contributed by atoms with E-state index >= 15 is 0 Å². The van der Waals surface area contributed by atoms with Crippen LogP contribution in [0.3, 0.4) is 0 Å². The molecule has 8 nitrogen and oxygen atoms in total. The summed E-state index contributed by atoms with van der Waals surface area (Å²) < 4.78 is 10.3. The van der Waals surface area contributed by atoms with Crippen molar-refractivity contribution in [2.45, 2.75) is 19.1 Å². The van der Waals surface area contributed by atoms with Crippen LogP contribution in [0.1, 0.15) is 39.6 Å². The fourth-order valence-electron chi connectivity index (χ4n) is 4.04. The smallest absolute Gasteiger partial charge is 0.408 e. The van der Waals surface area contributed by atoms with Gasteiger partial charge in [0.1, 0.15) is 0 Å². The molecule has 0 aliphatic heterocycles. The first-order chi connectivity index (χ1) is 17.1. The van der Waals surface area contributed by atoms with Crippen molar-refractivity contribution in [1.29, 1.82) is 0 Å². The van der Waals surface area contributed by atoms with Crippen LogP contribution in [0.25, 0.3) is 11.1 Å². The second-order valence-corrected chi connectivity index (χ2v) is 8.04. The molecule has 0 spiro atoms. The maximum Gasteiger partial charge on any atom is 0.408 e. The molecule has 4 rings (SSSR count). The molecule has 3 aromatic carbocycles. The molecule has 0 fully saturated rings. The number of hydrogen-bond donors (Lipinski definition) is 3. The molecule has 1 aliphatic rings. The fraction of sp³-hybridized carbons (Fsp3) is 0.222. The number of benzene rings is 3. The summed E-state index contributed by atoms with van der Waals surface area (Å²) in [5, 5.41) is 8.15. The maximum atomic E-state index is 12.6. The lowest BCUT2D eigenvalue weighted by Gasteiger charge is -2.16. The summed E-state index contributed by atoms with van der Waals surface area (Å²) in [5.41, 5.74) is 5.32. The van der Waals surface area contributed by atoms with Gasteiger partial charge in [-0.1, -0.05) is 60.7 Å². The monoisotopic (exact) mass is 473 g/mol. The minimum atomic E-state index is -0.533. The molecule has 8 heteroatoms. The van der Waals surface area contributed by atoms with E-state index in [0.29, 0.717) is 25.1 Å². The van der Waals surface area contributed by atoms with Crippen LogP contribution >= 0.6 is 0 Å². The highest BCUT2D eigenvalue weighted by molar-refractivity contribution is 5.94. The Morgan fingerprint density at radius 1 is 0.771 bits per heavy atom. The van der Waals surface area contributed by atoms with Crippen molar-refractivity contribution < 1.29 is 23.9 Å². The first-order valence-electron chi connectivity index (χ1n) is 11.4. The van der Waals surface area contributed by atoms with E-state index in [-0.39, 0.29) is 12.5 Å². The van der Waals surface area contributed by atoms with E-state index in [0.717, 1.165) is 27.8 Å². The van der Waals surface area contributed by atoms with E-state index in [1.165, 1.54) is 7.11 Å².